The first-order valence-corrected chi connectivity index (χ1v) is 13.0. The maximum Gasteiger partial charge on any atom is 0.204 e. The molecule has 0 radical (unpaired) electrons. The molecule has 1 aromatic carbocycles. The molecule has 0 saturated heterocycles. The number of hydrogen-bond acceptors (Lipinski definition) is 10. The molecule has 4 heterocycles. The number of ketones is 4. The van der Waals surface area contributed by atoms with Gasteiger partial charge < -0.3 is 9.47 Å². The Labute approximate surface area is 224 Å². The lowest BCUT2D eigenvalue weighted by Crippen LogP contribution is -2.18. The van der Waals surface area contributed by atoms with E-state index in [2.05, 4.69) is 9.97 Å². The van der Waals surface area contributed by atoms with Gasteiger partial charge in [-0.2, -0.15) is 0 Å². The Kier molecular flexibility index (Phi) is 6.60. The minimum atomic E-state index is -0.239. The molecule has 0 bridgehead atoms. The van der Waals surface area contributed by atoms with Gasteiger partial charge in [0.05, 0.1) is 39.1 Å². The standard InChI is InChI=1S/C15H13NO3S.C13H7NO3S/c1-8(17)12-6-10-13(18-2)11-7-16-5-4-9(11)14(19-3)15(10)20-12;1-6(15)10-4-8-11(16)9-5-14-3-2-7(9)12(17)13(8)18-10/h4-7H,1-3H3;2-5H,1H3. The van der Waals surface area contributed by atoms with Crippen molar-refractivity contribution >= 4 is 66.7 Å². The molecule has 0 atom stereocenters. The van der Waals surface area contributed by atoms with E-state index in [9.17, 15) is 19.2 Å². The molecule has 1 aliphatic carbocycles. The number of aromatic nitrogens is 2. The first-order chi connectivity index (χ1) is 18.3. The van der Waals surface area contributed by atoms with E-state index in [1.807, 2.05) is 12.1 Å². The van der Waals surface area contributed by atoms with Gasteiger partial charge in [-0.1, -0.05) is 0 Å². The lowest BCUT2D eigenvalue weighted by molar-refractivity contribution is 0.0982. The molecule has 190 valence electrons. The monoisotopic (exact) mass is 544 g/mol. The average Bonchev–Trinajstić information content (AvgIpc) is 3.57. The van der Waals surface area contributed by atoms with Crippen LogP contribution in [-0.4, -0.2) is 47.3 Å². The molecule has 10 heteroatoms. The Morgan fingerprint density at radius 1 is 0.711 bits per heavy atom. The van der Waals surface area contributed by atoms with Gasteiger partial charge in [0.15, 0.2) is 17.3 Å². The Hall–Kier alpha value is -4.28. The third-order valence-electron chi connectivity index (χ3n) is 6.09. The summed E-state index contributed by atoms with van der Waals surface area (Å²) in [5.74, 6) is 0.939. The van der Waals surface area contributed by atoms with Crippen molar-refractivity contribution in [3.05, 3.63) is 80.4 Å². The molecule has 8 nitrogen and oxygen atoms in total. The molecular formula is C28H20N2O6S2. The van der Waals surface area contributed by atoms with Crippen molar-refractivity contribution in [2.24, 2.45) is 0 Å². The van der Waals surface area contributed by atoms with E-state index in [4.69, 9.17) is 9.47 Å². The second-order valence-corrected chi connectivity index (χ2v) is 10.5. The maximum atomic E-state index is 12.2. The lowest BCUT2D eigenvalue weighted by atomic mass is 9.90. The number of methoxy groups -OCH3 is 2. The maximum absolute atomic E-state index is 12.2. The third kappa shape index (κ3) is 4.07. The van der Waals surface area contributed by atoms with Crippen LogP contribution in [0.25, 0.3) is 20.9 Å². The molecular weight excluding hydrogens is 524 g/mol. The second-order valence-electron chi connectivity index (χ2n) is 8.39. The summed E-state index contributed by atoms with van der Waals surface area (Å²) < 4.78 is 12.0. The zero-order valence-corrected chi connectivity index (χ0v) is 22.4. The van der Waals surface area contributed by atoms with E-state index >= 15 is 0 Å². The molecule has 38 heavy (non-hydrogen) atoms. The number of rotatable bonds is 4. The zero-order valence-electron chi connectivity index (χ0n) is 20.8. The number of nitrogens with zero attached hydrogens (tertiary/aromatic N) is 2. The molecule has 5 aromatic rings. The Balaban J connectivity index is 0.000000156. The largest absolute Gasteiger partial charge is 0.495 e. The van der Waals surface area contributed by atoms with E-state index < -0.39 is 0 Å². The summed E-state index contributed by atoms with van der Waals surface area (Å²) in [6, 6.07) is 6.78. The van der Waals surface area contributed by atoms with E-state index in [0.29, 0.717) is 31.3 Å². The Morgan fingerprint density at radius 2 is 1.37 bits per heavy atom. The van der Waals surface area contributed by atoms with Crippen molar-refractivity contribution in [3.63, 3.8) is 0 Å². The first kappa shape index (κ1) is 25.4. The van der Waals surface area contributed by atoms with E-state index in [1.54, 1.807) is 33.5 Å². The molecule has 0 N–H and O–H groups in total. The SMILES string of the molecule is CC(=O)c1cc2c(s1)C(=O)c1ccncc1C2=O.COc1c2cnccc2c(OC)c2sc(C(C)=O)cc12. The van der Waals surface area contributed by atoms with Crippen LogP contribution < -0.4 is 9.47 Å². The van der Waals surface area contributed by atoms with E-state index in [0.717, 1.165) is 43.7 Å². The average molecular weight is 545 g/mol. The summed E-state index contributed by atoms with van der Waals surface area (Å²) in [5.41, 5.74) is 0.984. The fraction of sp³-hybridized carbons (Fsp3) is 0.143. The summed E-state index contributed by atoms with van der Waals surface area (Å²) in [6.45, 7) is 2.98. The van der Waals surface area contributed by atoms with Gasteiger partial charge in [-0.25, -0.2) is 0 Å². The van der Waals surface area contributed by atoms with Crippen molar-refractivity contribution in [2.45, 2.75) is 13.8 Å². The summed E-state index contributed by atoms with van der Waals surface area (Å²) >= 11 is 2.50. The highest BCUT2D eigenvalue weighted by Crippen LogP contribution is 2.46. The summed E-state index contributed by atoms with van der Waals surface area (Å²) in [5, 5.41) is 2.70. The molecule has 0 amide bonds. The lowest BCUT2D eigenvalue weighted by Gasteiger charge is -2.12. The van der Waals surface area contributed by atoms with Crippen LogP contribution >= 0.6 is 22.7 Å². The fourth-order valence-electron chi connectivity index (χ4n) is 4.31. The quantitative estimate of drug-likeness (QED) is 0.256. The smallest absolute Gasteiger partial charge is 0.204 e. The van der Waals surface area contributed by atoms with Gasteiger partial charge in [0.2, 0.25) is 5.78 Å². The van der Waals surface area contributed by atoms with Crippen LogP contribution in [0.3, 0.4) is 0 Å². The minimum absolute atomic E-state index is 0.0393. The number of hydrogen-bond donors (Lipinski definition) is 0. The first-order valence-electron chi connectivity index (χ1n) is 11.4. The molecule has 1 aliphatic rings. The number of carbonyl (C=O) groups excluding carboxylic acids is 4. The molecule has 0 spiro atoms. The van der Waals surface area contributed by atoms with Crippen molar-refractivity contribution in [2.75, 3.05) is 14.2 Å². The summed E-state index contributed by atoms with van der Waals surface area (Å²) in [7, 11) is 3.26. The molecule has 6 rings (SSSR count). The summed E-state index contributed by atoms with van der Waals surface area (Å²) in [4.78, 5) is 56.8. The number of ether oxygens (including phenoxy) is 2. The highest BCUT2D eigenvalue weighted by Gasteiger charge is 2.32. The van der Waals surface area contributed by atoms with Crippen LogP contribution in [0.1, 0.15) is 64.3 Å². The van der Waals surface area contributed by atoms with Crippen molar-refractivity contribution in [3.8, 4) is 11.5 Å². The number of benzene rings is 1. The molecule has 0 unspecified atom stereocenters. The molecule has 0 fully saturated rings. The predicted octanol–water partition coefficient (Wildman–Crippen LogP) is 5.79. The minimum Gasteiger partial charge on any atom is -0.495 e. The molecule has 0 aliphatic heterocycles. The van der Waals surface area contributed by atoms with Crippen LogP contribution in [0.15, 0.2) is 49.1 Å². The van der Waals surface area contributed by atoms with Crippen LogP contribution in [0, 0.1) is 0 Å². The second kappa shape index (κ2) is 9.88. The summed E-state index contributed by atoms with van der Waals surface area (Å²) in [6.07, 6.45) is 6.34. The number of fused-ring (bicyclic) bond motifs is 4. The van der Waals surface area contributed by atoms with Crippen LogP contribution in [-0.2, 0) is 0 Å². The van der Waals surface area contributed by atoms with Crippen LogP contribution in [0.4, 0.5) is 0 Å². The topological polar surface area (TPSA) is 113 Å². The van der Waals surface area contributed by atoms with Crippen molar-refractivity contribution < 1.29 is 28.7 Å². The molecule has 0 saturated carbocycles. The normalized spacial score (nSPS) is 12.0. The number of Topliss-reactive ketones (excluding diaryl/α,β-unsaturated/α-hetero) is 2. The van der Waals surface area contributed by atoms with Gasteiger partial charge in [-0.05, 0) is 38.1 Å². The van der Waals surface area contributed by atoms with Crippen LogP contribution in [0.2, 0.25) is 0 Å². The Bertz CT molecular complexity index is 1690. The number of pyridine rings is 2. The van der Waals surface area contributed by atoms with Gasteiger partial charge in [0.25, 0.3) is 0 Å². The predicted molar refractivity (Wildman–Crippen MR) is 146 cm³/mol. The van der Waals surface area contributed by atoms with Crippen LogP contribution in [0.5, 0.6) is 11.5 Å². The van der Waals surface area contributed by atoms with Gasteiger partial charge >= 0.3 is 0 Å². The highest BCUT2D eigenvalue weighted by atomic mass is 32.1. The van der Waals surface area contributed by atoms with Crippen molar-refractivity contribution in [1.82, 2.24) is 9.97 Å². The van der Waals surface area contributed by atoms with E-state index in [-0.39, 0.29) is 23.1 Å². The number of thiophene rings is 2. The fourth-order valence-corrected chi connectivity index (χ4v) is 6.40. The third-order valence-corrected chi connectivity index (χ3v) is 8.56. The number of carbonyl (C=O) groups is 4. The van der Waals surface area contributed by atoms with Gasteiger partial charge in [-0.15, -0.1) is 22.7 Å². The molecule has 4 aromatic heterocycles. The van der Waals surface area contributed by atoms with E-state index in [1.165, 1.54) is 42.8 Å². The highest BCUT2D eigenvalue weighted by molar-refractivity contribution is 7.21. The Morgan fingerprint density at radius 3 is 2.05 bits per heavy atom. The van der Waals surface area contributed by atoms with Crippen molar-refractivity contribution in [1.29, 1.82) is 0 Å². The van der Waals surface area contributed by atoms with Gasteiger partial charge in [0, 0.05) is 52.1 Å². The van der Waals surface area contributed by atoms with Gasteiger partial charge in [0.1, 0.15) is 11.5 Å². The van der Waals surface area contributed by atoms with Gasteiger partial charge in [-0.3, -0.25) is 29.1 Å². The zero-order chi connectivity index (χ0) is 27.1.